The second kappa shape index (κ2) is 7.63. The van der Waals surface area contributed by atoms with Crippen LogP contribution in [-0.2, 0) is 5.41 Å². The SMILES string of the molecule is CC[C@H](CC[C@@H](C)[C@]1(C)C=Cc2c1ccc1c2ccc2c(C)cccc21)C(C)C. The maximum atomic E-state index is 2.48. The summed E-state index contributed by atoms with van der Waals surface area (Å²) in [4.78, 5) is 0. The molecule has 0 heteroatoms. The van der Waals surface area contributed by atoms with E-state index in [9.17, 15) is 0 Å². The van der Waals surface area contributed by atoms with Crippen LogP contribution in [0.1, 0.15) is 70.6 Å². The standard InChI is InChI=1S/C29H36/c1-7-22(19(2)3)12-11-21(5)29(6)18-17-27-26-14-13-23-20(4)9-8-10-24(23)25(26)15-16-28(27)29/h8-10,13-19,21-22H,7,11-12H2,1-6H3/t21-,22-,29+/m1/s1. The van der Waals surface area contributed by atoms with Gasteiger partial charge in [0, 0.05) is 5.41 Å². The van der Waals surface area contributed by atoms with Gasteiger partial charge in [-0.25, -0.2) is 0 Å². The normalized spacial score (nSPS) is 20.5. The molecule has 0 fully saturated rings. The van der Waals surface area contributed by atoms with Gasteiger partial charge < -0.3 is 0 Å². The highest BCUT2D eigenvalue weighted by Gasteiger charge is 2.36. The monoisotopic (exact) mass is 384 g/mol. The summed E-state index contributed by atoms with van der Waals surface area (Å²) in [5.74, 6) is 2.28. The number of hydrogen-bond acceptors (Lipinski definition) is 0. The van der Waals surface area contributed by atoms with Gasteiger partial charge in [0.1, 0.15) is 0 Å². The van der Waals surface area contributed by atoms with Crippen LogP contribution in [0.25, 0.3) is 27.6 Å². The molecule has 0 bridgehead atoms. The molecule has 0 N–H and O–H groups in total. The van der Waals surface area contributed by atoms with Gasteiger partial charge in [-0.05, 0) is 75.8 Å². The van der Waals surface area contributed by atoms with E-state index in [0.29, 0.717) is 5.92 Å². The summed E-state index contributed by atoms with van der Waals surface area (Å²) in [6, 6.07) is 16.1. The van der Waals surface area contributed by atoms with Crippen LogP contribution in [0.3, 0.4) is 0 Å². The Kier molecular flexibility index (Phi) is 5.32. The summed E-state index contributed by atoms with van der Waals surface area (Å²) in [5.41, 5.74) is 4.45. The number of aryl methyl sites for hydroxylation is 1. The number of benzene rings is 3. The zero-order chi connectivity index (χ0) is 20.8. The van der Waals surface area contributed by atoms with E-state index in [1.807, 2.05) is 0 Å². The molecule has 0 heterocycles. The van der Waals surface area contributed by atoms with Gasteiger partial charge in [0.2, 0.25) is 0 Å². The molecule has 0 aromatic heterocycles. The van der Waals surface area contributed by atoms with E-state index in [2.05, 4.69) is 96.2 Å². The summed E-state index contributed by atoms with van der Waals surface area (Å²) >= 11 is 0. The molecule has 3 aromatic rings. The van der Waals surface area contributed by atoms with Crippen molar-refractivity contribution in [2.24, 2.45) is 17.8 Å². The molecule has 4 rings (SSSR count). The third-order valence-electron chi connectivity index (χ3n) is 7.96. The first-order valence-corrected chi connectivity index (χ1v) is 11.5. The fourth-order valence-corrected chi connectivity index (χ4v) is 5.55. The molecule has 3 atom stereocenters. The molecule has 29 heavy (non-hydrogen) atoms. The molecule has 0 nitrogen and oxygen atoms in total. The van der Waals surface area contributed by atoms with Crippen molar-refractivity contribution < 1.29 is 0 Å². The van der Waals surface area contributed by atoms with E-state index in [4.69, 9.17) is 0 Å². The molecule has 0 saturated heterocycles. The first kappa shape index (κ1) is 20.2. The second-order valence-corrected chi connectivity index (χ2v) is 9.86. The Morgan fingerprint density at radius 1 is 0.828 bits per heavy atom. The molecule has 0 amide bonds. The van der Waals surface area contributed by atoms with Gasteiger partial charge in [0.05, 0.1) is 0 Å². The lowest BCUT2D eigenvalue weighted by atomic mass is 9.71. The van der Waals surface area contributed by atoms with E-state index >= 15 is 0 Å². The van der Waals surface area contributed by atoms with Crippen LogP contribution in [0.2, 0.25) is 0 Å². The summed E-state index contributed by atoms with van der Waals surface area (Å²) in [6.07, 6.45) is 8.82. The van der Waals surface area contributed by atoms with Crippen molar-refractivity contribution in [3.8, 4) is 0 Å². The Bertz CT molecular complexity index is 1070. The fraction of sp³-hybridized carbons (Fsp3) is 0.448. The Hall–Kier alpha value is -2.08. The molecular formula is C29H36. The summed E-state index contributed by atoms with van der Waals surface area (Å²) in [6.45, 7) is 14.2. The number of rotatable bonds is 6. The maximum absolute atomic E-state index is 2.48. The summed E-state index contributed by atoms with van der Waals surface area (Å²) in [7, 11) is 0. The van der Waals surface area contributed by atoms with Crippen molar-refractivity contribution in [3.05, 3.63) is 65.2 Å². The molecule has 0 unspecified atom stereocenters. The Labute approximate surface area is 177 Å². The number of fused-ring (bicyclic) bond motifs is 5. The van der Waals surface area contributed by atoms with Crippen LogP contribution in [0.4, 0.5) is 0 Å². The van der Waals surface area contributed by atoms with Gasteiger partial charge in [-0.1, -0.05) is 95.7 Å². The van der Waals surface area contributed by atoms with Gasteiger partial charge in [0.25, 0.3) is 0 Å². The first-order chi connectivity index (χ1) is 13.9. The number of allylic oxidation sites excluding steroid dienone is 1. The zero-order valence-corrected chi connectivity index (χ0v) is 19.0. The molecule has 1 aliphatic rings. The van der Waals surface area contributed by atoms with Gasteiger partial charge >= 0.3 is 0 Å². The predicted octanol–water partition coefficient (Wildman–Crippen LogP) is 8.68. The fourth-order valence-electron chi connectivity index (χ4n) is 5.55. The molecule has 3 aromatic carbocycles. The average Bonchev–Trinajstić information content (AvgIpc) is 3.06. The third-order valence-corrected chi connectivity index (χ3v) is 7.96. The second-order valence-electron chi connectivity index (χ2n) is 9.86. The van der Waals surface area contributed by atoms with Crippen LogP contribution in [0.15, 0.2) is 48.5 Å². The molecule has 1 aliphatic carbocycles. The Morgan fingerprint density at radius 3 is 2.24 bits per heavy atom. The van der Waals surface area contributed by atoms with E-state index < -0.39 is 0 Å². The van der Waals surface area contributed by atoms with Crippen LogP contribution in [0, 0.1) is 24.7 Å². The molecule has 0 saturated carbocycles. The maximum Gasteiger partial charge on any atom is 0.0139 e. The van der Waals surface area contributed by atoms with Gasteiger partial charge in [-0.3, -0.25) is 0 Å². The quantitative estimate of drug-likeness (QED) is 0.373. The van der Waals surface area contributed by atoms with Crippen LogP contribution < -0.4 is 0 Å². The van der Waals surface area contributed by atoms with Crippen molar-refractivity contribution >= 4 is 27.6 Å². The van der Waals surface area contributed by atoms with E-state index in [-0.39, 0.29) is 5.41 Å². The van der Waals surface area contributed by atoms with Crippen molar-refractivity contribution in [2.75, 3.05) is 0 Å². The van der Waals surface area contributed by atoms with Crippen molar-refractivity contribution in [1.29, 1.82) is 0 Å². The van der Waals surface area contributed by atoms with Gasteiger partial charge in [-0.15, -0.1) is 0 Å². The topological polar surface area (TPSA) is 0 Å². The summed E-state index contributed by atoms with van der Waals surface area (Å²) in [5, 5.41) is 5.54. The lowest BCUT2D eigenvalue weighted by molar-refractivity contribution is 0.282. The molecule has 152 valence electrons. The Balaban J connectivity index is 1.71. The first-order valence-electron chi connectivity index (χ1n) is 11.5. The smallest absolute Gasteiger partial charge is 0.0139 e. The minimum atomic E-state index is 0.139. The molecule has 0 radical (unpaired) electrons. The Morgan fingerprint density at radius 2 is 1.52 bits per heavy atom. The van der Waals surface area contributed by atoms with E-state index in [1.165, 1.54) is 57.5 Å². The van der Waals surface area contributed by atoms with Crippen LogP contribution in [0.5, 0.6) is 0 Å². The highest BCUT2D eigenvalue weighted by Crippen LogP contribution is 2.46. The zero-order valence-electron chi connectivity index (χ0n) is 19.0. The van der Waals surface area contributed by atoms with E-state index in [1.54, 1.807) is 0 Å². The number of hydrogen-bond donors (Lipinski definition) is 0. The molecular weight excluding hydrogens is 348 g/mol. The lowest BCUT2D eigenvalue weighted by Gasteiger charge is -2.33. The minimum absolute atomic E-state index is 0.139. The average molecular weight is 385 g/mol. The van der Waals surface area contributed by atoms with Gasteiger partial charge in [-0.2, -0.15) is 0 Å². The van der Waals surface area contributed by atoms with Crippen LogP contribution >= 0.6 is 0 Å². The minimum Gasteiger partial charge on any atom is -0.0733 e. The molecule has 0 aliphatic heterocycles. The van der Waals surface area contributed by atoms with Crippen molar-refractivity contribution in [1.82, 2.24) is 0 Å². The van der Waals surface area contributed by atoms with Crippen molar-refractivity contribution in [2.45, 2.75) is 66.2 Å². The summed E-state index contributed by atoms with van der Waals surface area (Å²) < 4.78 is 0. The highest BCUT2D eigenvalue weighted by molar-refractivity contribution is 6.11. The predicted molar refractivity (Wildman–Crippen MR) is 130 cm³/mol. The van der Waals surface area contributed by atoms with Crippen LogP contribution in [-0.4, -0.2) is 0 Å². The largest absolute Gasteiger partial charge is 0.0733 e. The van der Waals surface area contributed by atoms with E-state index in [0.717, 1.165) is 11.8 Å². The van der Waals surface area contributed by atoms with Gasteiger partial charge in [0.15, 0.2) is 0 Å². The third kappa shape index (κ3) is 3.31. The lowest BCUT2D eigenvalue weighted by Crippen LogP contribution is -2.27. The van der Waals surface area contributed by atoms with Crippen molar-refractivity contribution in [3.63, 3.8) is 0 Å². The molecule has 0 spiro atoms. The highest BCUT2D eigenvalue weighted by atomic mass is 14.4.